The number of aromatic nitrogens is 1. The molecule has 9 nitrogen and oxygen atoms in total. The summed E-state index contributed by atoms with van der Waals surface area (Å²) in [7, 11) is 0. The summed E-state index contributed by atoms with van der Waals surface area (Å²) in [5.41, 5.74) is 6.69. The van der Waals surface area contributed by atoms with Crippen LogP contribution in [0.4, 0.5) is 4.79 Å². The van der Waals surface area contributed by atoms with E-state index in [-0.39, 0.29) is 44.4 Å². The molecule has 1 aromatic heterocycles. The quantitative estimate of drug-likeness (QED) is 0.0912. The minimum absolute atomic E-state index is 0.0112. The number of para-hydroxylation sites is 1. The second-order valence-corrected chi connectivity index (χ2v) is 14.0. The predicted molar refractivity (Wildman–Crippen MR) is 192 cm³/mol. The highest BCUT2D eigenvalue weighted by molar-refractivity contribution is 8.01. The molecule has 49 heavy (non-hydrogen) atoms. The van der Waals surface area contributed by atoms with Gasteiger partial charge in [-0.25, -0.2) is 9.78 Å². The van der Waals surface area contributed by atoms with Crippen LogP contribution in [0, 0.1) is 5.92 Å². The Morgan fingerprint density at radius 2 is 1.65 bits per heavy atom. The van der Waals surface area contributed by atoms with Crippen molar-refractivity contribution in [1.29, 1.82) is 0 Å². The van der Waals surface area contributed by atoms with Crippen LogP contribution in [0.1, 0.15) is 48.5 Å². The van der Waals surface area contributed by atoms with Crippen molar-refractivity contribution < 1.29 is 28.9 Å². The van der Waals surface area contributed by atoms with Gasteiger partial charge in [0.2, 0.25) is 0 Å². The number of urea groups is 1. The molecule has 254 valence electrons. The summed E-state index contributed by atoms with van der Waals surface area (Å²) in [4.78, 5) is 28.7. The molecule has 0 radical (unpaired) electrons. The molecule has 2 amide bonds. The lowest BCUT2D eigenvalue weighted by Gasteiger charge is -2.41. The van der Waals surface area contributed by atoms with Crippen LogP contribution in [0.25, 0.3) is 21.3 Å². The molecule has 4 aromatic carbocycles. The lowest BCUT2D eigenvalue weighted by molar-refractivity contribution is -0.268. The maximum Gasteiger partial charge on any atom is 0.325 e. The Bertz CT molecular complexity index is 1830. The van der Waals surface area contributed by atoms with Crippen LogP contribution < -0.4 is 10.6 Å². The number of nitrogens with one attached hydrogen (secondary N) is 2. The predicted octanol–water partition coefficient (Wildman–Crippen LogP) is 7.40. The molecule has 1 aliphatic heterocycles. The van der Waals surface area contributed by atoms with Crippen molar-refractivity contribution in [3.63, 3.8) is 0 Å². The SMILES string of the molecule is CCOC(=O)CNC(=O)NCc1ccccc1-c1ccc([C@@H]2O[C@H](CSc3nc4ccccc4s3)[C@H](C)[C@H](c3ccc(CO)cc3)O2)cc1. The van der Waals surface area contributed by atoms with Crippen LogP contribution in [-0.2, 0) is 32.2 Å². The maximum atomic E-state index is 12.3. The monoisotopic (exact) mass is 697 g/mol. The Morgan fingerprint density at radius 3 is 2.41 bits per heavy atom. The van der Waals surface area contributed by atoms with E-state index in [0.717, 1.165) is 49.0 Å². The molecule has 1 aliphatic rings. The molecule has 1 fully saturated rings. The molecule has 3 N–H and O–H groups in total. The summed E-state index contributed by atoms with van der Waals surface area (Å²) in [6.07, 6.45) is -0.914. The number of carbonyl (C=O) groups excluding carboxylic acids is 2. The van der Waals surface area contributed by atoms with Crippen LogP contribution in [0.15, 0.2) is 101 Å². The van der Waals surface area contributed by atoms with Crippen LogP contribution in [0.2, 0.25) is 0 Å². The third-order valence-corrected chi connectivity index (χ3v) is 10.7. The molecule has 5 aromatic rings. The molecule has 0 spiro atoms. The van der Waals surface area contributed by atoms with Gasteiger partial charge in [-0.05, 0) is 46.9 Å². The molecule has 2 heterocycles. The van der Waals surface area contributed by atoms with E-state index >= 15 is 0 Å². The topological polar surface area (TPSA) is 119 Å². The number of carbonyl (C=O) groups is 2. The Hall–Kier alpha value is -4.26. The van der Waals surface area contributed by atoms with Gasteiger partial charge in [-0.2, -0.15) is 0 Å². The van der Waals surface area contributed by atoms with E-state index in [1.165, 1.54) is 4.70 Å². The van der Waals surface area contributed by atoms with E-state index < -0.39 is 18.3 Å². The van der Waals surface area contributed by atoms with Gasteiger partial charge in [0.1, 0.15) is 6.54 Å². The molecular weight excluding hydrogens is 659 g/mol. The molecule has 0 saturated carbocycles. The highest BCUT2D eigenvalue weighted by Gasteiger charge is 2.38. The molecule has 11 heteroatoms. The fraction of sp³-hybridized carbons (Fsp3) is 0.289. The van der Waals surface area contributed by atoms with Gasteiger partial charge in [0.15, 0.2) is 10.6 Å². The van der Waals surface area contributed by atoms with Gasteiger partial charge < -0.3 is 30.0 Å². The molecule has 4 atom stereocenters. The number of rotatable bonds is 12. The first-order valence-corrected chi connectivity index (χ1v) is 18.1. The Morgan fingerprint density at radius 1 is 0.918 bits per heavy atom. The minimum atomic E-state index is -0.589. The maximum absolute atomic E-state index is 12.3. The van der Waals surface area contributed by atoms with Gasteiger partial charge in [-0.3, -0.25) is 4.79 Å². The van der Waals surface area contributed by atoms with Crippen molar-refractivity contribution in [2.75, 3.05) is 18.9 Å². The van der Waals surface area contributed by atoms with Crippen molar-refractivity contribution >= 4 is 45.3 Å². The molecule has 0 unspecified atom stereocenters. The number of thiazole rings is 1. The van der Waals surface area contributed by atoms with E-state index in [0.29, 0.717) is 0 Å². The first kappa shape index (κ1) is 34.6. The molecule has 1 saturated heterocycles. The van der Waals surface area contributed by atoms with Crippen LogP contribution in [0.5, 0.6) is 0 Å². The Labute approximate surface area is 294 Å². The Balaban J connectivity index is 1.18. The van der Waals surface area contributed by atoms with Gasteiger partial charge in [0.05, 0.1) is 35.6 Å². The van der Waals surface area contributed by atoms with E-state index in [4.69, 9.17) is 19.2 Å². The normalized spacial score (nSPS) is 19.0. The highest BCUT2D eigenvalue weighted by atomic mass is 32.2. The Kier molecular flexibility index (Phi) is 11.6. The second kappa shape index (κ2) is 16.4. The zero-order chi connectivity index (χ0) is 34.2. The van der Waals surface area contributed by atoms with E-state index in [1.54, 1.807) is 30.0 Å². The first-order chi connectivity index (χ1) is 23.9. The lowest BCUT2D eigenvalue weighted by Crippen LogP contribution is -2.38. The molecule has 0 aliphatic carbocycles. The zero-order valence-electron chi connectivity index (χ0n) is 27.3. The number of ether oxygens (including phenoxy) is 3. The number of aliphatic hydroxyl groups is 1. The van der Waals surface area contributed by atoms with Gasteiger partial charge >= 0.3 is 12.0 Å². The summed E-state index contributed by atoms with van der Waals surface area (Å²) in [5, 5.41) is 14.9. The van der Waals surface area contributed by atoms with Crippen molar-refractivity contribution in [3.05, 3.63) is 119 Å². The number of hydrogen-bond donors (Lipinski definition) is 3. The number of fused-ring (bicyclic) bond motifs is 1. The van der Waals surface area contributed by atoms with Gasteiger partial charge in [-0.15, -0.1) is 11.3 Å². The largest absolute Gasteiger partial charge is 0.465 e. The van der Waals surface area contributed by atoms with Crippen molar-refractivity contribution in [2.24, 2.45) is 5.92 Å². The standard InChI is InChI=1S/C38H39N3O6S2/c1-3-45-34(43)21-40-37(44)39-20-29-8-4-5-9-30(29)26-16-18-28(19-17-26)36-46-32(23-48-38-41-31-10-6-7-11-33(31)49-38)24(2)35(47-36)27-14-12-25(22-42)13-15-27/h4-19,24,32,35-36,42H,3,20-23H2,1-2H3,(H2,39,40,44)/t24-,32+,35+,36+/m0/s1. The van der Waals surface area contributed by atoms with Crippen molar-refractivity contribution in [3.8, 4) is 11.1 Å². The lowest BCUT2D eigenvalue weighted by atomic mass is 9.91. The van der Waals surface area contributed by atoms with Crippen LogP contribution >= 0.6 is 23.1 Å². The third kappa shape index (κ3) is 8.67. The fourth-order valence-corrected chi connectivity index (χ4v) is 8.01. The summed E-state index contributed by atoms with van der Waals surface area (Å²) in [5.74, 6) is 0.298. The number of thioether (sulfide) groups is 1. The fourth-order valence-electron chi connectivity index (χ4n) is 5.75. The molecular formula is C38H39N3O6S2. The van der Waals surface area contributed by atoms with Crippen molar-refractivity contribution in [2.45, 2.75) is 49.8 Å². The average molecular weight is 698 g/mol. The van der Waals surface area contributed by atoms with Gasteiger partial charge in [0.25, 0.3) is 0 Å². The number of nitrogens with zero attached hydrogens (tertiary/aromatic N) is 1. The van der Waals surface area contributed by atoms with Crippen molar-refractivity contribution in [1.82, 2.24) is 15.6 Å². The number of esters is 1. The third-order valence-electron chi connectivity index (χ3n) is 8.42. The summed E-state index contributed by atoms with van der Waals surface area (Å²) < 4.78 is 20.4. The number of aliphatic hydroxyl groups excluding tert-OH is 1. The minimum Gasteiger partial charge on any atom is -0.465 e. The number of hydrogen-bond acceptors (Lipinski definition) is 9. The smallest absolute Gasteiger partial charge is 0.325 e. The number of amides is 2. The zero-order valence-corrected chi connectivity index (χ0v) is 29.0. The van der Waals surface area contributed by atoms with Crippen LogP contribution in [0.3, 0.4) is 0 Å². The van der Waals surface area contributed by atoms with Crippen LogP contribution in [-0.4, -0.2) is 47.1 Å². The van der Waals surface area contributed by atoms with E-state index in [2.05, 4.69) is 23.6 Å². The molecule has 0 bridgehead atoms. The summed E-state index contributed by atoms with van der Waals surface area (Å²) in [6, 6.07) is 31.6. The van der Waals surface area contributed by atoms with E-state index in [9.17, 15) is 14.7 Å². The second-order valence-electron chi connectivity index (χ2n) is 11.7. The van der Waals surface area contributed by atoms with Gasteiger partial charge in [0, 0.05) is 23.8 Å². The summed E-state index contributed by atoms with van der Waals surface area (Å²) >= 11 is 3.40. The molecule has 6 rings (SSSR count). The number of benzene rings is 4. The first-order valence-electron chi connectivity index (χ1n) is 16.3. The van der Waals surface area contributed by atoms with Gasteiger partial charge in [-0.1, -0.05) is 104 Å². The highest BCUT2D eigenvalue weighted by Crippen LogP contribution is 2.44. The summed E-state index contributed by atoms with van der Waals surface area (Å²) in [6.45, 7) is 4.22. The van der Waals surface area contributed by atoms with E-state index in [1.807, 2.05) is 91.0 Å². The average Bonchev–Trinajstić information content (AvgIpc) is 3.56.